The number of imide groups is 1. The van der Waals surface area contributed by atoms with Gasteiger partial charge in [0, 0.05) is 12.5 Å². The van der Waals surface area contributed by atoms with E-state index in [4.69, 9.17) is 9.15 Å². The van der Waals surface area contributed by atoms with Crippen molar-refractivity contribution >= 4 is 28.7 Å². The van der Waals surface area contributed by atoms with Crippen molar-refractivity contribution in [3.05, 3.63) is 93.8 Å². The normalized spacial score (nSPS) is 12.8. The maximum atomic E-state index is 13.0. The number of carbonyl (C=O) groups excluding carboxylic acids is 3. The number of hydrogen-bond donors (Lipinski definition) is 0. The van der Waals surface area contributed by atoms with Gasteiger partial charge in [-0.25, -0.2) is 9.78 Å². The Morgan fingerprint density at radius 3 is 2.45 bits per heavy atom. The first kappa shape index (κ1) is 20.3. The quantitative estimate of drug-likeness (QED) is 0.271. The van der Waals surface area contributed by atoms with Gasteiger partial charge < -0.3 is 9.15 Å². The maximum Gasteiger partial charge on any atom is 0.347 e. The minimum Gasteiger partial charge on any atom is -0.427 e. The standard InChI is InChI=1S/C25H16N2O6/c1-14(28)32-17-8-10-21-20(12-17)25(31)33-22(26-21)16-7-9-18-19(11-16)24(30)27(23(18)29)13-15-5-3-2-4-6-15/h2-12H,13H2,1H3. The van der Waals surface area contributed by atoms with Crippen LogP contribution in [0.4, 0.5) is 0 Å². The molecule has 0 bridgehead atoms. The molecule has 0 spiro atoms. The molecule has 3 aromatic carbocycles. The molecule has 1 aromatic heterocycles. The molecular weight excluding hydrogens is 424 g/mol. The molecule has 1 aliphatic rings. The second kappa shape index (κ2) is 7.83. The van der Waals surface area contributed by atoms with Crippen molar-refractivity contribution < 1.29 is 23.5 Å². The molecule has 2 amide bonds. The lowest BCUT2D eigenvalue weighted by Crippen LogP contribution is -2.29. The predicted molar refractivity (Wildman–Crippen MR) is 118 cm³/mol. The Labute approximate surface area is 187 Å². The van der Waals surface area contributed by atoms with Crippen molar-refractivity contribution in [3.8, 4) is 17.2 Å². The van der Waals surface area contributed by atoms with Crippen LogP contribution in [0.1, 0.15) is 33.2 Å². The fourth-order valence-corrected chi connectivity index (χ4v) is 3.74. The summed E-state index contributed by atoms with van der Waals surface area (Å²) in [4.78, 5) is 55.0. The molecule has 0 unspecified atom stereocenters. The van der Waals surface area contributed by atoms with E-state index in [9.17, 15) is 19.2 Å². The second-order valence-corrected chi connectivity index (χ2v) is 7.52. The van der Waals surface area contributed by atoms with E-state index < -0.39 is 17.5 Å². The molecule has 0 N–H and O–H groups in total. The highest BCUT2D eigenvalue weighted by atomic mass is 16.5. The molecule has 0 atom stereocenters. The highest BCUT2D eigenvalue weighted by Crippen LogP contribution is 2.29. The molecule has 0 aliphatic carbocycles. The number of aromatic nitrogens is 1. The van der Waals surface area contributed by atoms with Crippen LogP contribution >= 0.6 is 0 Å². The summed E-state index contributed by atoms with van der Waals surface area (Å²) in [5, 5.41) is 0.152. The third-order valence-corrected chi connectivity index (χ3v) is 5.26. The lowest BCUT2D eigenvalue weighted by Gasteiger charge is -2.13. The SMILES string of the molecule is CC(=O)Oc1ccc2nc(-c3ccc4c(c3)C(=O)N(Cc3ccccc3)C4=O)oc(=O)c2c1. The summed E-state index contributed by atoms with van der Waals surface area (Å²) in [5.41, 5.74) is 1.41. The number of ether oxygens (including phenoxy) is 1. The summed E-state index contributed by atoms with van der Waals surface area (Å²) in [7, 11) is 0. The zero-order valence-corrected chi connectivity index (χ0v) is 17.4. The Kier molecular flexibility index (Phi) is 4.82. The molecule has 0 radical (unpaired) electrons. The van der Waals surface area contributed by atoms with Gasteiger partial charge >= 0.3 is 11.6 Å². The van der Waals surface area contributed by atoms with Crippen LogP contribution in [0.3, 0.4) is 0 Å². The molecule has 33 heavy (non-hydrogen) atoms. The lowest BCUT2D eigenvalue weighted by molar-refractivity contribution is -0.131. The van der Waals surface area contributed by atoms with Crippen molar-refractivity contribution in [2.75, 3.05) is 0 Å². The molecular formula is C25H16N2O6. The summed E-state index contributed by atoms with van der Waals surface area (Å²) >= 11 is 0. The van der Waals surface area contributed by atoms with Gasteiger partial charge in [0.1, 0.15) is 5.75 Å². The molecule has 4 aromatic rings. The Morgan fingerprint density at radius 1 is 0.939 bits per heavy atom. The molecule has 1 aliphatic heterocycles. The molecule has 162 valence electrons. The maximum absolute atomic E-state index is 13.0. The number of fused-ring (bicyclic) bond motifs is 2. The van der Waals surface area contributed by atoms with Crippen LogP contribution in [-0.2, 0) is 11.3 Å². The largest absolute Gasteiger partial charge is 0.427 e. The van der Waals surface area contributed by atoms with Gasteiger partial charge in [-0.3, -0.25) is 19.3 Å². The average molecular weight is 440 g/mol. The van der Waals surface area contributed by atoms with Crippen molar-refractivity contribution in [1.82, 2.24) is 9.88 Å². The van der Waals surface area contributed by atoms with E-state index in [0.29, 0.717) is 11.1 Å². The Hall–Kier alpha value is -4.59. The van der Waals surface area contributed by atoms with Gasteiger partial charge in [-0.1, -0.05) is 30.3 Å². The molecule has 0 fully saturated rings. The number of benzene rings is 3. The van der Waals surface area contributed by atoms with Crippen LogP contribution in [0.2, 0.25) is 0 Å². The Bertz CT molecular complexity index is 1510. The van der Waals surface area contributed by atoms with E-state index in [0.717, 1.165) is 5.56 Å². The molecule has 8 heteroatoms. The van der Waals surface area contributed by atoms with Gasteiger partial charge in [-0.15, -0.1) is 0 Å². The van der Waals surface area contributed by atoms with E-state index in [2.05, 4.69) is 4.98 Å². The number of amides is 2. The Balaban J connectivity index is 1.50. The zero-order valence-electron chi connectivity index (χ0n) is 17.4. The summed E-state index contributed by atoms with van der Waals surface area (Å²) in [6.07, 6.45) is 0. The summed E-state index contributed by atoms with van der Waals surface area (Å²) in [6.45, 7) is 1.42. The fourth-order valence-electron chi connectivity index (χ4n) is 3.74. The first-order valence-corrected chi connectivity index (χ1v) is 10.1. The van der Waals surface area contributed by atoms with Crippen molar-refractivity contribution in [1.29, 1.82) is 0 Å². The monoisotopic (exact) mass is 440 g/mol. The second-order valence-electron chi connectivity index (χ2n) is 7.52. The van der Waals surface area contributed by atoms with Crippen LogP contribution < -0.4 is 10.4 Å². The van der Waals surface area contributed by atoms with E-state index in [1.54, 1.807) is 6.07 Å². The predicted octanol–water partition coefficient (Wildman–Crippen LogP) is 3.58. The van der Waals surface area contributed by atoms with Gasteiger partial charge in [0.05, 0.1) is 28.6 Å². The first-order valence-electron chi connectivity index (χ1n) is 10.1. The number of carbonyl (C=O) groups is 3. The highest BCUT2D eigenvalue weighted by Gasteiger charge is 2.35. The van der Waals surface area contributed by atoms with Gasteiger partial charge in [0.15, 0.2) is 0 Å². The lowest BCUT2D eigenvalue weighted by atomic mass is 10.1. The molecule has 0 saturated carbocycles. The smallest absolute Gasteiger partial charge is 0.347 e. The zero-order chi connectivity index (χ0) is 23.1. The van der Waals surface area contributed by atoms with E-state index in [1.165, 1.54) is 42.2 Å². The molecule has 0 saturated heterocycles. The van der Waals surface area contributed by atoms with Gasteiger partial charge in [-0.05, 0) is 42.0 Å². The van der Waals surface area contributed by atoms with Gasteiger partial charge in [-0.2, -0.15) is 0 Å². The number of esters is 1. The topological polar surface area (TPSA) is 107 Å². The minimum atomic E-state index is -0.669. The highest BCUT2D eigenvalue weighted by molar-refractivity contribution is 6.21. The minimum absolute atomic E-state index is 0.0114. The van der Waals surface area contributed by atoms with E-state index in [1.807, 2.05) is 30.3 Å². The number of hydrogen-bond acceptors (Lipinski definition) is 7. The van der Waals surface area contributed by atoms with E-state index in [-0.39, 0.29) is 40.6 Å². The number of rotatable bonds is 4. The van der Waals surface area contributed by atoms with Crippen LogP contribution in [0.5, 0.6) is 5.75 Å². The summed E-state index contributed by atoms with van der Waals surface area (Å²) < 4.78 is 10.4. The van der Waals surface area contributed by atoms with Gasteiger partial charge in [0.25, 0.3) is 11.8 Å². The van der Waals surface area contributed by atoms with Crippen molar-refractivity contribution in [2.24, 2.45) is 0 Å². The number of nitrogens with zero attached hydrogens (tertiary/aromatic N) is 2. The summed E-state index contributed by atoms with van der Waals surface area (Å²) in [5.74, 6) is -1.09. The third kappa shape index (κ3) is 3.67. The molecule has 2 heterocycles. The third-order valence-electron chi connectivity index (χ3n) is 5.26. The summed E-state index contributed by atoms with van der Waals surface area (Å²) in [6, 6.07) is 18.3. The van der Waals surface area contributed by atoms with Crippen LogP contribution in [0, 0.1) is 0 Å². The van der Waals surface area contributed by atoms with Gasteiger partial charge in [0.2, 0.25) is 5.89 Å². The first-order chi connectivity index (χ1) is 15.9. The van der Waals surface area contributed by atoms with E-state index >= 15 is 0 Å². The average Bonchev–Trinajstić information content (AvgIpc) is 3.04. The fraction of sp³-hybridized carbons (Fsp3) is 0.0800. The van der Waals surface area contributed by atoms with Crippen LogP contribution in [-0.4, -0.2) is 27.7 Å². The van der Waals surface area contributed by atoms with Crippen LogP contribution in [0.15, 0.2) is 75.9 Å². The molecule has 8 nitrogen and oxygen atoms in total. The van der Waals surface area contributed by atoms with Crippen LogP contribution in [0.25, 0.3) is 22.4 Å². The Morgan fingerprint density at radius 2 is 1.70 bits per heavy atom. The van der Waals surface area contributed by atoms with Crippen molar-refractivity contribution in [2.45, 2.75) is 13.5 Å². The van der Waals surface area contributed by atoms with Crippen molar-refractivity contribution in [3.63, 3.8) is 0 Å². The molecule has 5 rings (SSSR count).